The molecule has 4 heterocycles. The molecule has 5 aliphatic rings. The molecular weight excluding hydrogens is 398 g/mol. The summed E-state index contributed by atoms with van der Waals surface area (Å²) in [5, 5.41) is 10.2. The van der Waals surface area contributed by atoms with Crippen molar-refractivity contribution in [1.82, 2.24) is 25.8 Å². The molecule has 1 spiro atoms. The van der Waals surface area contributed by atoms with Crippen molar-refractivity contribution in [2.75, 3.05) is 72.6 Å². The van der Waals surface area contributed by atoms with Crippen LogP contribution < -0.4 is 16.0 Å². The molecule has 3 N–H and O–H groups in total. The zero-order valence-corrected chi connectivity index (χ0v) is 21.2. The molecule has 2 unspecified atom stereocenters. The molecule has 4 saturated heterocycles. The number of hydrogen-bond acceptors (Lipinski definition) is 6. The molecule has 0 aromatic heterocycles. The molecule has 0 amide bonds. The molecule has 32 heavy (non-hydrogen) atoms. The maximum absolute atomic E-state index is 5.74. The molecule has 1 aliphatic carbocycles. The van der Waals surface area contributed by atoms with Crippen molar-refractivity contribution in [2.45, 2.75) is 76.4 Å². The highest BCUT2D eigenvalue weighted by Crippen LogP contribution is 2.44. The average molecular weight is 450 g/mol. The van der Waals surface area contributed by atoms with Crippen LogP contribution in [-0.4, -0.2) is 100 Å². The molecule has 5 fully saturated rings. The van der Waals surface area contributed by atoms with E-state index in [1.165, 1.54) is 90.8 Å². The average Bonchev–Trinajstić information content (AvgIpc) is 3.16. The van der Waals surface area contributed by atoms with Gasteiger partial charge in [0.05, 0.1) is 13.2 Å². The third-order valence-electron chi connectivity index (χ3n) is 8.92. The topological polar surface area (TPSA) is 51.8 Å². The van der Waals surface area contributed by atoms with Gasteiger partial charge in [0.25, 0.3) is 0 Å². The van der Waals surface area contributed by atoms with Gasteiger partial charge in [0.1, 0.15) is 0 Å². The summed E-state index contributed by atoms with van der Waals surface area (Å²) in [6.45, 7) is 16.6. The second kappa shape index (κ2) is 11.9. The summed E-state index contributed by atoms with van der Waals surface area (Å²) in [6.07, 6.45) is 9.51. The fourth-order valence-corrected chi connectivity index (χ4v) is 7.29. The molecule has 4 aliphatic heterocycles. The van der Waals surface area contributed by atoms with Crippen LogP contribution in [0.3, 0.4) is 0 Å². The summed E-state index contributed by atoms with van der Waals surface area (Å²) in [7, 11) is 2.07. The van der Waals surface area contributed by atoms with Crippen molar-refractivity contribution in [2.24, 2.45) is 17.8 Å². The summed E-state index contributed by atoms with van der Waals surface area (Å²) in [5.74, 6) is 2.70. The number of likely N-dealkylation sites (tertiary alicyclic amines) is 1. The molecule has 5 rings (SSSR count). The lowest BCUT2D eigenvalue weighted by atomic mass is 9.67. The largest absolute Gasteiger partial charge is 0.378 e. The van der Waals surface area contributed by atoms with Gasteiger partial charge < -0.3 is 20.7 Å². The molecule has 0 aromatic carbocycles. The zero-order chi connectivity index (χ0) is 22.4. The maximum Gasteiger partial charge on any atom is 0.0651 e. The molecule has 0 bridgehead atoms. The first-order valence-electron chi connectivity index (χ1n) is 13.7. The Labute approximate surface area is 197 Å². The van der Waals surface area contributed by atoms with Crippen molar-refractivity contribution in [3.8, 4) is 0 Å². The first-order chi connectivity index (χ1) is 15.6. The number of hydrogen-bond donors (Lipinski definition) is 3. The van der Waals surface area contributed by atoms with Crippen molar-refractivity contribution in [1.29, 1.82) is 0 Å². The molecule has 0 radical (unpaired) electrons. The Kier molecular flexibility index (Phi) is 9.28. The van der Waals surface area contributed by atoms with Crippen LogP contribution in [-0.2, 0) is 4.74 Å². The molecule has 6 heteroatoms. The molecule has 186 valence electrons. The van der Waals surface area contributed by atoms with E-state index in [-0.39, 0.29) is 0 Å². The van der Waals surface area contributed by atoms with Crippen LogP contribution in [0, 0.1) is 17.8 Å². The number of rotatable bonds is 5. The van der Waals surface area contributed by atoms with Gasteiger partial charge in [-0.05, 0) is 109 Å². The van der Waals surface area contributed by atoms with Gasteiger partial charge in [-0.3, -0.25) is 9.80 Å². The Morgan fingerprint density at radius 1 is 0.969 bits per heavy atom. The fourth-order valence-electron chi connectivity index (χ4n) is 7.29. The van der Waals surface area contributed by atoms with E-state index in [2.05, 4.69) is 46.6 Å². The van der Waals surface area contributed by atoms with Crippen molar-refractivity contribution < 1.29 is 4.74 Å². The third kappa shape index (κ3) is 6.25. The first-order valence-corrected chi connectivity index (χ1v) is 13.7. The fraction of sp³-hybridized carbons (Fsp3) is 1.00. The molecule has 2 atom stereocenters. The van der Waals surface area contributed by atoms with Crippen LogP contribution in [0.4, 0.5) is 0 Å². The van der Waals surface area contributed by atoms with E-state index in [1.807, 2.05) is 0 Å². The summed E-state index contributed by atoms with van der Waals surface area (Å²) in [6, 6.07) is 1.65. The predicted octanol–water partition coefficient (Wildman–Crippen LogP) is 2.16. The van der Waals surface area contributed by atoms with Gasteiger partial charge in [-0.25, -0.2) is 0 Å². The monoisotopic (exact) mass is 449 g/mol. The van der Waals surface area contributed by atoms with Gasteiger partial charge in [-0.1, -0.05) is 6.92 Å². The lowest BCUT2D eigenvalue weighted by Crippen LogP contribution is -2.64. The Morgan fingerprint density at radius 2 is 1.66 bits per heavy atom. The van der Waals surface area contributed by atoms with E-state index in [4.69, 9.17) is 4.74 Å². The highest BCUT2D eigenvalue weighted by molar-refractivity contribution is 5.03. The van der Waals surface area contributed by atoms with Gasteiger partial charge in [0.15, 0.2) is 0 Å². The minimum atomic E-state index is 0.433. The quantitative estimate of drug-likeness (QED) is 0.598. The highest BCUT2D eigenvalue weighted by Gasteiger charge is 2.48. The molecule has 6 nitrogen and oxygen atoms in total. The minimum absolute atomic E-state index is 0.433. The third-order valence-corrected chi connectivity index (χ3v) is 8.92. The number of nitrogens with one attached hydrogen (secondary N) is 3. The summed E-state index contributed by atoms with van der Waals surface area (Å²) < 4.78 is 5.74. The number of morpholine rings is 1. The van der Waals surface area contributed by atoms with Crippen LogP contribution in [0.2, 0.25) is 0 Å². The smallest absolute Gasteiger partial charge is 0.0651 e. The predicted molar refractivity (Wildman–Crippen MR) is 133 cm³/mol. The van der Waals surface area contributed by atoms with E-state index in [0.717, 1.165) is 49.6 Å². The highest BCUT2D eigenvalue weighted by atomic mass is 16.5. The van der Waals surface area contributed by atoms with Crippen LogP contribution in [0.15, 0.2) is 0 Å². The number of nitrogens with zero attached hydrogens (tertiary/aromatic N) is 2. The second-order valence-corrected chi connectivity index (χ2v) is 11.6. The van der Waals surface area contributed by atoms with Gasteiger partial charge >= 0.3 is 0 Å². The van der Waals surface area contributed by atoms with Crippen LogP contribution in [0.25, 0.3) is 0 Å². The number of piperidine rings is 2. The SMILES string of the molecule is CC1CC2(COCCN2CC2CCNCC2)C1.CNCC1CC(C)N(C2CCNCC2)C1. The van der Waals surface area contributed by atoms with E-state index in [9.17, 15) is 0 Å². The Hall–Kier alpha value is -0.240. The van der Waals surface area contributed by atoms with Gasteiger partial charge in [-0.2, -0.15) is 0 Å². The van der Waals surface area contributed by atoms with Gasteiger partial charge in [0, 0.05) is 37.3 Å². The summed E-state index contributed by atoms with van der Waals surface area (Å²) in [4.78, 5) is 5.52. The van der Waals surface area contributed by atoms with Crippen LogP contribution in [0.5, 0.6) is 0 Å². The standard InChI is InChI=1S/C14H26N2O.C12H25N3/c1-12-8-14(9-12)11-17-7-6-16(14)10-13-2-4-15-5-3-13;1-10-7-11(8-13-2)9-15(10)12-3-5-14-6-4-12/h12-13,15H,2-11H2,1H3;10-14H,3-9H2,1-2H3. The van der Waals surface area contributed by atoms with Gasteiger partial charge in [0.2, 0.25) is 0 Å². The Bertz CT molecular complexity index is 537. The lowest BCUT2D eigenvalue weighted by molar-refractivity contribution is -0.131. The lowest BCUT2D eigenvalue weighted by Gasteiger charge is -2.56. The van der Waals surface area contributed by atoms with Crippen LogP contribution >= 0.6 is 0 Å². The Balaban J connectivity index is 0.000000155. The van der Waals surface area contributed by atoms with E-state index < -0.39 is 0 Å². The Morgan fingerprint density at radius 3 is 2.31 bits per heavy atom. The van der Waals surface area contributed by atoms with Crippen molar-refractivity contribution >= 4 is 0 Å². The zero-order valence-electron chi connectivity index (χ0n) is 21.2. The molecule has 1 saturated carbocycles. The molecule has 0 aromatic rings. The van der Waals surface area contributed by atoms with E-state index in [0.29, 0.717) is 5.54 Å². The summed E-state index contributed by atoms with van der Waals surface area (Å²) in [5.41, 5.74) is 0.433. The maximum atomic E-state index is 5.74. The van der Waals surface area contributed by atoms with Gasteiger partial charge in [-0.15, -0.1) is 0 Å². The van der Waals surface area contributed by atoms with E-state index >= 15 is 0 Å². The van der Waals surface area contributed by atoms with Crippen molar-refractivity contribution in [3.05, 3.63) is 0 Å². The van der Waals surface area contributed by atoms with Crippen molar-refractivity contribution in [3.63, 3.8) is 0 Å². The summed E-state index contributed by atoms with van der Waals surface area (Å²) >= 11 is 0. The van der Waals surface area contributed by atoms with E-state index in [1.54, 1.807) is 0 Å². The first kappa shape index (κ1) is 24.9. The molecular formula is C26H51N5O. The second-order valence-electron chi connectivity index (χ2n) is 11.6. The van der Waals surface area contributed by atoms with Crippen LogP contribution in [0.1, 0.15) is 58.8 Å². The number of ether oxygens (including phenoxy) is 1. The minimum Gasteiger partial charge on any atom is -0.378 e. The normalized spacial score (nSPS) is 37.8.